The Morgan fingerprint density at radius 2 is 1.91 bits per heavy atom. The maximum Gasteiger partial charge on any atom is 0.230 e. The van der Waals surface area contributed by atoms with Crippen molar-refractivity contribution in [2.45, 2.75) is 63.2 Å². The minimum atomic E-state index is -0.0264. The molecule has 1 amide bonds. The first-order valence-electron chi connectivity index (χ1n) is 11.9. The van der Waals surface area contributed by atoms with Crippen LogP contribution in [-0.4, -0.2) is 51.0 Å². The van der Waals surface area contributed by atoms with Gasteiger partial charge in [0.1, 0.15) is 5.76 Å². The fourth-order valence-corrected chi connectivity index (χ4v) is 5.40. The first-order valence-corrected chi connectivity index (χ1v) is 12.9. The molecule has 1 aliphatic rings. The smallest absolute Gasteiger partial charge is 0.230 e. The highest BCUT2D eigenvalue weighted by molar-refractivity contribution is 7.99. The van der Waals surface area contributed by atoms with Gasteiger partial charge in [-0.15, -0.1) is 10.2 Å². The number of hydrogen-bond acceptors (Lipinski definition) is 7. The summed E-state index contributed by atoms with van der Waals surface area (Å²) in [5, 5.41) is 12.7. The third kappa shape index (κ3) is 5.70. The molecule has 4 rings (SSSR count). The third-order valence-corrected chi connectivity index (χ3v) is 7.24. The molecule has 1 aliphatic carbocycles. The summed E-state index contributed by atoms with van der Waals surface area (Å²) in [4.78, 5) is 15.0. The van der Waals surface area contributed by atoms with Crippen molar-refractivity contribution in [2.75, 3.05) is 25.4 Å². The predicted molar refractivity (Wildman–Crippen MR) is 128 cm³/mol. The van der Waals surface area contributed by atoms with Crippen molar-refractivity contribution in [3.8, 4) is 11.6 Å². The largest absolute Gasteiger partial charge is 0.468 e. The van der Waals surface area contributed by atoms with Crippen LogP contribution < -0.4 is 5.32 Å². The van der Waals surface area contributed by atoms with Crippen molar-refractivity contribution in [3.63, 3.8) is 0 Å². The number of rotatable bonds is 11. The van der Waals surface area contributed by atoms with Gasteiger partial charge in [0, 0.05) is 12.6 Å². The van der Waals surface area contributed by atoms with Crippen LogP contribution in [0, 0.1) is 0 Å². The van der Waals surface area contributed by atoms with Gasteiger partial charge in [0.15, 0.2) is 10.9 Å². The highest BCUT2D eigenvalue weighted by atomic mass is 32.2. The second kappa shape index (κ2) is 11.6. The van der Waals surface area contributed by atoms with Crippen LogP contribution in [0.5, 0.6) is 0 Å². The summed E-state index contributed by atoms with van der Waals surface area (Å²) in [6.45, 7) is 6.50. The first-order chi connectivity index (χ1) is 16.2. The molecule has 0 aromatic carbocycles. The lowest BCUT2D eigenvalue weighted by atomic mass is 9.95. The van der Waals surface area contributed by atoms with Gasteiger partial charge in [-0.25, -0.2) is 0 Å². The number of aromatic nitrogens is 3. The van der Waals surface area contributed by atoms with E-state index in [1.54, 1.807) is 12.5 Å². The summed E-state index contributed by atoms with van der Waals surface area (Å²) in [6, 6.07) is 7.98. The predicted octanol–water partition coefficient (Wildman–Crippen LogP) is 4.93. The topological polar surface area (TPSA) is 89.3 Å². The van der Waals surface area contributed by atoms with Crippen molar-refractivity contribution in [2.24, 2.45) is 0 Å². The summed E-state index contributed by atoms with van der Waals surface area (Å²) in [6.07, 6.45) is 9.19. The fourth-order valence-electron chi connectivity index (χ4n) is 4.56. The maximum absolute atomic E-state index is 12.8. The molecule has 3 aromatic rings. The molecule has 1 saturated carbocycles. The van der Waals surface area contributed by atoms with Crippen molar-refractivity contribution in [1.29, 1.82) is 0 Å². The van der Waals surface area contributed by atoms with Crippen LogP contribution in [0.3, 0.4) is 0 Å². The summed E-state index contributed by atoms with van der Waals surface area (Å²) in [7, 11) is 0. The zero-order valence-corrected chi connectivity index (χ0v) is 20.2. The average molecular weight is 472 g/mol. The van der Waals surface area contributed by atoms with Crippen LogP contribution >= 0.6 is 11.8 Å². The number of hydrogen-bond donors (Lipinski definition) is 1. The van der Waals surface area contributed by atoms with E-state index in [0.717, 1.165) is 42.7 Å². The van der Waals surface area contributed by atoms with Gasteiger partial charge in [0.25, 0.3) is 0 Å². The van der Waals surface area contributed by atoms with E-state index in [1.165, 1.54) is 31.0 Å². The molecule has 178 valence electrons. The van der Waals surface area contributed by atoms with Gasteiger partial charge in [-0.1, -0.05) is 44.9 Å². The van der Waals surface area contributed by atoms with Crippen LogP contribution in [0.1, 0.15) is 63.8 Å². The first kappa shape index (κ1) is 23.6. The van der Waals surface area contributed by atoms with Gasteiger partial charge < -0.3 is 14.2 Å². The highest BCUT2D eigenvalue weighted by Crippen LogP contribution is 2.35. The molecule has 33 heavy (non-hydrogen) atoms. The van der Waals surface area contributed by atoms with E-state index >= 15 is 0 Å². The Kier molecular flexibility index (Phi) is 8.28. The van der Waals surface area contributed by atoms with Crippen molar-refractivity contribution in [1.82, 2.24) is 25.0 Å². The van der Waals surface area contributed by atoms with Crippen molar-refractivity contribution < 1.29 is 13.6 Å². The SMILES string of the molecule is CCN(CC)C(CNC(=O)CSc1nnc(-c2ccco2)n1C1CCCCC1)c1ccco1. The molecule has 9 heteroatoms. The monoisotopic (exact) mass is 471 g/mol. The van der Waals surface area contributed by atoms with Gasteiger partial charge in [0.05, 0.1) is 24.3 Å². The lowest BCUT2D eigenvalue weighted by Crippen LogP contribution is -2.38. The Balaban J connectivity index is 1.41. The molecule has 0 aliphatic heterocycles. The van der Waals surface area contributed by atoms with Crippen LogP contribution in [0.2, 0.25) is 0 Å². The summed E-state index contributed by atoms with van der Waals surface area (Å²) < 4.78 is 13.4. The van der Waals surface area contributed by atoms with Crippen LogP contribution in [0.15, 0.2) is 50.8 Å². The average Bonchev–Trinajstić information content (AvgIpc) is 3.62. The second-order valence-electron chi connectivity index (χ2n) is 8.29. The number of furan rings is 2. The van der Waals surface area contributed by atoms with E-state index in [1.807, 2.05) is 24.3 Å². The lowest BCUT2D eigenvalue weighted by Gasteiger charge is -2.28. The third-order valence-electron chi connectivity index (χ3n) is 6.30. The van der Waals surface area contributed by atoms with E-state index < -0.39 is 0 Å². The molecule has 0 bridgehead atoms. The van der Waals surface area contributed by atoms with Gasteiger partial charge in [0.2, 0.25) is 11.7 Å². The van der Waals surface area contributed by atoms with E-state index in [9.17, 15) is 4.79 Å². The zero-order chi connectivity index (χ0) is 23.0. The number of carbonyl (C=O) groups is 1. The zero-order valence-electron chi connectivity index (χ0n) is 19.4. The molecule has 1 atom stereocenters. The summed E-state index contributed by atoms with van der Waals surface area (Å²) in [5.41, 5.74) is 0. The van der Waals surface area contributed by atoms with Gasteiger partial charge >= 0.3 is 0 Å². The fraction of sp³-hybridized carbons (Fsp3) is 0.542. The van der Waals surface area contributed by atoms with Gasteiger partial charge in [-0.3, -0.25) is 14.3 Å². The molecule has 0 saturated heterocycles. The molecular formula is C24H33N5O3S. The van der Waals surface area contributed by atoms with Crippen LogP contribution in [-0.2, 0) is 4.79 Å². The number of thioether (sulfide) groups is 1. The number of amides is 1. The van der Waals surface area contributed by atoms with E-state index in [0.29, 0.717) is 18.3 Å². The molecule has 1 fully saturated rings. The maximum atomic E-state index is 12.8. The van der Waals surface area contributed by atoms with Crippen LogP contribution in [0.4, 0.5) is 0 Å². The number of nitrogens with zero attached hydrogens (tertiary/aromatic N) is 4. The Hall–Kier alpha value is -2.52. The summed E-state index contributed by atoms with van der Waals surface area (Å²) in [5.74, 6) is 2.58. The molecule has 0 radical (unpaired) electrons. The minimum Gasteiger partial charge on any atom is -0.468 e. The molecule has 3 heterocycles. The van der Waals surface area contributed by atoms with Crippen LogP contribution in [0.25, 0.3) is 11.6 Å². The van der Waals surface area contributed by atoms with E-state index in [2.05, 4.69) is 38.8 Å². The Morgan fingerprint density at radius 3 is 2.58 bits per heavy atom. The molecule has 0 spiro atoms. The standard InChI is InChI=1S/C24H33N5O3S/c1-3-28(4-2)19(20-12-8-14-31-20)16-25-22(30)17-33-24-27-26-23(21-13-9-15-32-21)29(24)18-10-6-5-7-11-18/h8-9,12-15,18-19H,3-7,10-11,16-17H2,1-2H3,(H,25,30). The van der Waals surface area contributed by atoms with Gasteiger partial charge in [-0.2, -0.15) is 0 Å². The Labute approximate surface area is 199 Å². The quantitative estimate of drug-likeness (QED) is 0.397. The van der Waals surface area contributed by atoms with Gasteiger partial charge in [-0.05, 0) is 50.2 Å². The second-order valence-corrected chi connectivity index (χ2v) is 9.23. The normalized spacial score (nSPS) is 15.7. The van der Waals surface area contributed by atoms with E-state index in [-0.39, 0.29) is 17.7 Å². The van der Waals surface area contributed by atoms with Crippen molar-refractivity contribution in [3.05, 3.63) is 42.6 Å². The molecule has 1 unspecified atom stereocenters. The van der Waals surface area contributed by atoms with Crippen molar-refractivity contribution >= 4 is 17.7 Å². The Morgan fingerprint density at radius 1 is 1.15 bits per heavy atom. The molecule has 3 aromatic heterocycles. The molecule has 8 nitrogen and oxygen atoms in total. The number of nitrogens with one attached hydrogen (secondary N) is 1. The van der Waals surface area contributed by atoms with E-state index in [4.69, 9.17) is 8.83 Å². The molecule has 1 N–H and O–H groups in total. The number of likely N-dealkylation sites (N-methyl/N-ethyl adjacent to an activating group) is 1. The number of carbonyl (C=O) groups excluding carboxylic acids is 1. The highest BCUT2D eigenvalue weighted by Gasteiger charge is 2.26. The lowest BCUT2D eigenvalue weighted by molar-refractivity contribution is -0.118. The molecular weight excluding hydrogens is 438 g/mol. The Bertz CT molecular complexity index is 976. The summed E-state index contributed by atoms with van der Waals surface area (Å²) >= 11 is 1.43. The minimum absolute atomic E-state index is 0.0143.